The Morgan fingerprint density at radius 2 is 2.00 bits per heavy atom. The Bertz CT molecular complexity index is 967. The molecular formula is C16H19N5O3S. The number of hydrogen-bond acceptors (Lipinski definition) is 7. The number of aryl methyl sites for hydroxylation is 1. The smallest absolute Gasteiger partial charge is 0.254 e. The van der Waals surface area contributed by atoms with Gasteiger partial charge in [0.15, 0.2) is 0 Å². The van der Waals surface area contributed by atoms with Crippen molar-refractivity contribution in [2.75, 3.05) is 24.4 Å². The van der Waals surface area contributed by atoms with Crippen LogP contribution in [0.1, 0.15) is 11.3 Å². The summed E-state index contributed by atoms with van der Waals surface area (Å²) < 4.78 is 29.2. The molecule has 3 aromatic rings. The first-order valence-corrected chi connectivity index (χ1v) is 9.73. The molecule has 1 aromatic carbocycles. The van der Waals surface area contributed by atoms with Gasteiger partial charge in [0.2, 0.25) is 0 Å². The molecule has 0 spiro atoms. The highest BCUT2D eigenvalue weighted by molar-refractivity contribution is 7.90. The molecule has 25 heavy (non-hydrogen) atoms. The second-order valence-electron chi connectivity index (χ2n) is 5.74. The first-order chi connectivity index (χ1) is 11.9. The van der Waals surface area contributed by atoms with E-state index in [0.717, 1.165) is 22.8 Å². The number of sulfone groups is 1. The maximum atomic E-state index is 11.3. The molecular weight excluding hydrogens is 342 g/mol. The minimum atomic E-state index is -2.96. The molecule has 0 aliphatic carbocycles. The molecule has 3 rings (SSSR count). The number of methoxy groups -OCH3 is 1. The van der Waals surface area contributed by atoms with Gasteiger partial charge in [-0.2, -0.15) is 14.6 Å². The summed E-state index contributed by atoms with van der Waals surface area (Å²) in [6.07, 6.45) is 3.19. The molecule has 0 aliphatic heterocycles. The molecule has 0 radical (unpaired) electrons. The summed E-state index contributed by atoms with van der Waals surface area (Å²) in [5, 5.41) is 7.44. The molecule has 0 saturated carbocycles. The van der Waals surface area contributed by atoms with Crippen LogP contribution in [0.3, 0.4) is 0 Å². The van der Waals surface area contributed by atoms with E-state index in [-0.39, 0.29) is 5.75 Å². The number of nitrogens with zero attached hydrogens (tertiary/aromatic N) is 4. The van der Waals surface area contributed by atoms with Crippen LogP contribution in [-0.4, -0.2) is 47.1 Å². The highest BCUT2D eigenvalue weighted by Crippen LogP contribution is 2.19. The Morgan fingerprint density at radius 1 is 1.24 bits per heavy atom. The number of hydrogen-bond donors (Lipinski definition) is 1. The van der Waals surface area contributed by atoms with E-state index in [1.807, 2.05) is 30.3 Å². The van der Waals surface area contributed by atoms with E-state index in [1.54, 1.807) is 11.6 Å². The summed E-state index contributed by atoms with van der Waals surface area (Å²) in [4.78, 5) is 8.47. The van der Waals surface area contributed by atoms with Crippen molar-refractivity contribution >= 4 is 27.1 Å². The van der Waals surface area contributed by atoms with Crippen molar-refractivity contribution in [2.24, 2.45) is 0 Å². The molecule has 0 atom stereocenters. The zero-order chi connectivity index (χ0) is 17.9. The topological polar surface area (TPSA) is 98.5 Å². The van der Waals surface area contributed by atoms with Gasteiger partial charge >= 0.3 is 0 Å². The fourth-order valence-corrected chi connectivity index (χ4v) is 2.98. The first kappa shape index (κ1) is 17.3. The quantitative estimate of drug-likeness (QED) is 0.682. The lowest BCUT2D eigenvalue weighted by Gasteiger charge is -2.10. The van der Waals surface area contributed by atoms with Crippen LogP contribution >= 0.6 is 0 Å². The predicted molar refractivity (Wildman–Crippen MR) is 94.6 cm³/mol. The lowest BCUT2D eigenvalue weighted by atomic mass is 10.1. The number of anilines is 2. The van der Waals surface area contributed by atoms with Gasteiger partial charge in [-0.25, -0.2) is 13.4 Å². The van der Waals surface area contributed by atoms with Gasteiger partial charge in [0.25, 0.3) is 5.78 Å². The van der Waals surface area contributed by atoms with Gasteiger partial charge in [-0.15, -0.1) is 0 Å². The van der Waals surface area contributed by atoms with Crippen LogP contribution in [0.2, 0.25) is 0 Å². The second kappa shape index (κ2) is 7.16. The number of rotatable bonds is 7. The lowest BCUT2D eigenvalue weighted by molar-refractivity contribution is 0.181. The minimum absolute atomic E-state index is 0.143. The molecule has 9 heteroatoms. The van der Waals surface area contributed by atoms with Crippen molar-refractivity contribution in [3.63, 3.8) is 0 Å². The molecule has 0 bridgehead atoms. The number of fused-ring (bicyclic) bond motifs is 1. The van der Waals surface area contributed by atoms with Crippen molar-refractivity contribution < 1.29 is 13.2 Å². The van der Waals surface area contributed by atoms with Gasteiger partial charge in [-0.05, 0) is 24.1 Å². The minimum Gasteiger partial charge on any atom is -0.378 e. The van der Waals surface area contributed by atoms with Gasteiger partial charge in [0.1, 0.15) is 22.0 Å². The molecule has 0 aliphatic rings. The maximum absolute atomic E-state index is 11.3. The third-order valence-electron chi connectivity index (χ3n) is 3.58. The highest BCUT2D eigenvalue weighted by atomic mass is 32.2. The summed E-state index contributed by atoms with van der Waals surface area (Å²) in [5.74, 6) is 1.35. The normalized spacial score (nSPS) is 11.8. The van der Waals surface area contributed by atoms with Crippen molar-refractivity contribution in [3.8, 4) is 0 Å². The Kier molecular flexibility index (Phi) is 4.95. The fraction of sp³-hybridized carbons (Fsp3) is 0.312. The predicted octanol–water partition coefficient (Wildman–Crippen LogP) is 1.60. The molecule has 8 nitrogen and oxygen atoms in total. The van der Waals surface area contributed by atoms with Crippen LogP contribution in [0.15, 0.2) is 36.7 Å². The largest absolute Gasteiger partial charge is 0.378 e. The summed E-state index contributed by atoms with van der Waals surface area (Å²) >= 11 is 0. The average Bonchev–Trinajstić information content (AvgIpc) is 3.02. The SMILES string of the molecule is COCc1cc(Nc2ccc(CCS(C)(=O)=O)cc2)n2ncnc2n1. The number of aromatic nitrogens is 4. The van der Waals surface area contributed by atoms with E-state index in [0.29, 0.717) is 18.8 Å². The molecule has 1 N–H and O–H groups in total. The third-order valence-corrected chi connectivity index (χ3v) is 4.53. The van der Waals surface area contributed by atoms with Crippen molar-refractivity contribution in [2.45, 2.75) is 13.0 Å². The summed E-state index contributed by atoms with van der Waals surface area (Å²) in [5.41, 5.74) is 2.57. The van der Waals surface area contributed by atoms with Crippen LogP contribution in [0.4, 0.5) is 11.5 Å². The molecule has 0 saturated heterocycles. The summed E-state index contributed by atoms with van der Waals surface area (Å²) in [7, 11) is -1.35. The molecule has 2 heterocycles. The van der Waals surface area contributed by atoms with Gasteiger partial charge in [-0.1, -0.05) is 12.1 Å². The van der Waals surface area contributed by atoms with Crippen LogP contribution in [-0.2, 0) is 27.6 Å². The molecule has 0 amide bonds. The van der Waals surface area contributed by atoms with E-state index in [1.165, 1.54) is 12.6 Å². The Morgan fingerprint density at radius 3 is 2.68 bits per heavy atom. The molecule has 132 valence electrons. The van der Waals surface area contributed by atoms with E-state index < -0.39 is 9.84 Å². The Balaban J connectivity index is 1.80. The van der Waals surface area contributed by atoms with Gasteiger partial charge in [0.05, 0.1) is 18.1 Å². The standard InChI is InChI=1S/C16H19N5O3S/c1-24-10-14-9-15(21-16(20-14)17-11-18-21)19-13-5-3-12(4-6-13)7-8-25(2,22)23/h3-6,9,11,19H,7-8,10H2,1-2H3. The van der Waals surface area contributed by atoms with Crippen molar-refractivity contribution in [1.29, 1.82) is 0 Å². The monoisotopic (exact) mass is 361 g/mol. The fourth-order valence-electron chi connectivity index (χ4n) is 2.38. The van der Waals surface area contributed by atoms with E-state index >= 15 is 0 Å². The summed E-state index contributed by atoms with van der Waals surface area (Å²) in [6.45, 7) is 0.377. The van der Waals surface area contributed by atoms with Crippen LogP contribution in [0.25, 0.3) is 5.78 Å². The number of benzene rings is 1. The summed E-state index contributed by atoms with van der Waals surface area (Å²) in [6, 6.07) is 9.46. The van der Waals surface area contributed by atoms with E-state index in [9.17, 15) is 8.42 Å². The van der Waals surface area contributed by atoms with Crippen LogP contribution in [0.5, 0.6) is 0 Å². The molecule has 0 unspecified atom stereocenters. The van der Waals surface area contributed by atoms with Gasteiger partial charge in [0, 0.05) is 25.1 Å². The first-order valence-electron chi connectivity index (χ1n) is 7.67. The van der Waals surface area contributed by atoms with E-state index in [2.05, 4.69) is 20.4 Å². The number of nitrogens with one attached hydrogen (secondary N) is 1. The Hall–Kier alpha value is -2.52. The molecule has 0 fully saturated rings. The van der Waals surface area contributed by atoms with Crippen LogP contribution < -0.4 is 5.32 Å². The van der Waals surface area contributed by atoms with Crippen molar-refractivity contribution in [1.82, 2.24) is 19.6 Å². The van der Waals surface area contributed by atoms with Gasteiger partial charge in [-0.3, -0.25) is 0 Å². The van der Waals surface area contributed by atoms with Crippen LogP contribution in [0, 0.1) is 0 Å². The zero-order valence-corrected chi connectivity index (χ0v) is 14.8. The Labute approximate surface area is 145 Å². The second-order valence-corrected chi connectivity index (χ2v) is 8.00. The third kappa shape index (κ3) is 4.52. The lowest BCUT2D eigenvalue weighted by Crippen LogP contribution is -2.06. The molecule has 2 aromatic heterocycles. The van der Waals surface area contributed by atoms with Gasteiger partial charge < -0.3 is 10.1 Å². The maximum Gasteiger partial charge on any atom is 0.254 e. The van der Waals surface area contributed by atoms with Crippen molar-refractivity contribution in [3.05, 3.63) is 47.9 Å². The average molecular weight is 361 g/mol. The number of ether oxygens (including phenoxy) is 1. The highest BCUT2D eigenvalue weighted by Gasteiger charge is 2.08. The zero-order valence-electron chi connectivity index (χ0n) is 14.0. The van der Waals surface area contributed by atoms with E-state index in [4.69, 9.17) is 4.74 Å².